The second-order valence-electron chi connectivity index (χ2n) is 6.37. The van der Waals surface area contributed by atoms with Crippen molar-refractivity contribution in [3.05, 3.63) is 90.0 Å². The quantitative estimate of drug-likeness (QED) is 0.229. The van der Waals surface area contributed by atoms with E-state index in [-0.39, 0.29) is 5.57 Å². The summed E-state index contributed by atoms with van der Waals surface area (Å²) in [5.41, 5.74) is 2.75. The van der Waals surface area contributed by atoms with Crippen LogP contribution in [0.2, 0.25) is 0 Å². The molecule has 4 nitrogen and oxygen atoms in total. The molecule has 0 aliphatic heterocycles. The Kier molecular flexibility index (Phi) is 6.80. The first kappa shape index (κ1) is 19.9. The van der Waals surface area contributed by atoms with Crippen molar-refractivity contribution in [2.24, 2.45) is 0 Å². The standard InChI is InChI=1S/C25H21NO3/c1-2-16-28-23-12-8-19(9-13-23)17-22(18-26)25(27)29-24-14-10-21(11-15-24)20-6-4-3-5-7-20/h3-15,17H,2,16H2,1H3/b22-17+. The second kappa shape index (κ2) is 9.91. The smallest absolute Gasteiger partial charge is 0.354 e. The molecule has 0 aromatic heterocycles. The minimum atomic E-state index is -0.689. The molecular weight excluding hydrogens is 362 g/mol. The fourth-order valence-corrected chi connectivity index (χ4v) is 2.69. The van der Waals surface area contributed by atoms with Gasteiger partial charge in [-0.05, 0) is 53.5 Å². The van der Waals surface area contributed by atoms with E-state index in [1.807, 2.05) is 67.6 Å². The fourth-order valence-electron chi connectivity index (χ4n) is 2.69. The Morgan fingerprint density at radius 3 is 2.14 bits per heavy atom. The zero-order valence-electron chi connectivity index (χ0n) is 16.2. The van der Waals surface area contributed by atoms with Crippen LogP contribution in [0.5, 0.6) is 11.5 Å². The first-order valence-electron chi connectivity index (χ1n) is 9.42. The van der Waals surface area contributed by atoms with Crippen molar-refractivity contribution >= 4 is 12.0 Å². The van der Waals surface area contributed by atoms with Crippen molar-refractivity contribution in [3.63, 3.8) is 0 Å². The van der Waals surface area contributed by atoms with Crippen LogP contribution < -0.4 is 9.47 Å². The second-order valence-corrected chi connectivity index (χ2v) is 6.37. The van der Waals surface area contributed by atoms with Crippen molar-refractivity contribution in [1.29, 1.82) is 5.26 Å². The van der Waals surface area contributed by atoms with Crippen molar-refractivity contribution in [2.45, 2.75) is 13.3 Å². The van der Waals surface area contributed by atoms with E-state index >= 15 is 0 Å². The summed E-state index contributed by atoms with van der Waals surface area (Å²) in [6, 6.07) is 26.2. The number of esters is 1. The lowest BCUT2D eigenvalue weighted by Crippen LogP contribution is -2.10. The molecular formula is C25H21NO3. The maximum atomic E-state index is 12.4. The molecule has 0 amide bonds. The van der Waals surface area contributed by atoms with Crippen molar-refractivity contribution in [2.75, 3.05) is 6.61 Å². The molecule has 0 fully saturated rings. The van der Waals surface area contributed by atoms with Gasteiger partial charge in [0.2, 0.25) is 0 Å². The minimum absolute atomic E-state index is 0.0700. The van der Waals surface area contributed by atoms with E-state index in [2.05, 4.69) is 0 Å². The molecule has 0 radical (unpaired) electrons. The predicted molar refractivity (Wildman–Crippen MR) is 113 cm³/mol. The highest BCUT2D eigenvalue weighted by atomic mass is 16.5. The Labute approximate surface area is 170 Å². The van der Waals surface area contributed by atoms with Crippen molar-refractivity contribution in [1.82, 2.24) is 0 Å². The van der Waals surface area contributed by atoms with Gasteiger partial charge in [-0.15, -0.1) is 0 Å². The maximum absolute atomic E-state index is 12.4. The van der Waals surface area contributed by atoms with E-state index in [9.17, 15) is 10.1 Å². The van der Waals surface area contributed by atoms with Gasteiger partial charge in [-0.3, -0.25) is 0 Å². The SMILES string of the molecule is CCCOc1ccc(/C=C(\C#N)C(=O)Oc2ccc(-c3ccccc3)cc2)cc1. The molecule has 0 saturated heterocycles. The molecule has 3 aromatic rings. The van der Waals surface area contributed by atoms with Crippen LogP contribution in [0.3, 0.4) is 0 Å². The number of hydrogen-bond donors (Lipinski definition) is 0. The molecule has 0 bridgehead atoms. The van der Waals surface area contributed by atoms with E-state index in [0.717, 1.165) is 28.9 Å². The average molecular weight is 383 g/mol. The molecule has 0 N–H and O–H groups in total. The van der Waals surface area contributed by atoms with Gasteiger partial charge in [0, 0.05) is 0 Å². The highest BCUT2D eigenvalue weighted by Crippen LogP contribution is 2.23. The Morgan fingerprint density at radius 2 is 1.52 bits per heavy atom. The van der Waals surface area contributed by atoms with Gasteiger partial charge in [0.15, 0.2) is 0 Å². The number of rotatable bonds is 7. The van der Waals surface area contributed by atoms with Gasteiger partial charge < -0.3 is 9.47 Å². The Morgan fingerprint density at radius 1 is 0.897 bits per heavy atom. The highest BCUT2D eigenvalue weighted by Gasteiger charge is 2.12. The van der Waals surface area contributed by atoms with Crippen LogP contribution in [-0.2, 0) is 4.79 Å². The average Bonchev–Trinajstić information content (AvgIpc) is 2.78. The van der Waals surface area contributed by atoms with E-state index in [0.29, 0.717) is 12.4 Å². The van der Waals surface area contributed by atoms with Crippen LogP contribution in [-0.4, -0.2) is 12.6 Å². The van der Waals surface area contributed by atoms with Gasteiger partial charge >= 0.3 is 5.97 Å². The van der Waals surface area contributed by atoms with Gasteiger partial charge in [0.25, 0.3) is 0 Å². The van der Waals surface area contributed by atoms with E-state index in [4.69, 9.17) is 9.47 Å². The molecule has 0 saturated carbocycles. The van der Waals surface area contributed by atoms with Crippen LogP contribution in [0.15, 0.2) is 84.4 Å². The van der Waals surface area contributed by atoms with Crippen molar-refractivity contribution < 1.29 is 14.3 Å². The van der Waals surface area contributed by atoms with E-state index in [1.54, 1.807) is 24.3 Å². The van der Waals surface area contributed by atoms with Crippen LogP contribution >= 0.6 is 0 Å². The lowest BCUT2D eigenvalue weighted by molar-refractivity contribution is -0.129. The molecule has 3 rings (SSSR count). The highest BCUT2D eigenvalue weighted by molar-refractivity contribution is 5.99. The summed E-state index contributed by atoms with van der Waals surface area (Å²) in [5.74, 6) is 0.453. The fraction of sp³-hybridized carbons (Fsp3) is 0.120. The summed E-state index contributed by atoms with van der Waals surface area (Å²) in [5, 5.41) is 9.36. The molecule has 0 spiro atoms. The summed E-state index contributed by atoms with van der Waals surface area (Å²) in [6.45, 7) is 2.69. The molecule has 0 unspecified atom stereocenters. The molecule has 29 heavy (non-hydrogen) atoms. The molecule has 0 atom stereocenters. The number of carbonyl (C=O) groups is 1. The van der Waals surface area contributed by atoms with Crippen LogP contribution in [0.1, 0.15) is 18.9 Å². The molecule has 144 valence electrons. The number of nitriles is 1. The normalized spacial score (nSPS) is 10.8. The van der Waals surface area contributed by atoms with E-state index in [1.165, 1.54) is 6.08 Å². The van der Waals surface area contributed by atoms with Gasteiger partial charge in [-0.1, -0.05) is 61.5 Å². The predicted octanol–water partition coefficient (Wildman–Crippen LogP) is 5.65. The zero-order valence-corrected chi connectivity index (χ0v) is 16.2. The number of carbonyl (C=O) groups excluding carboxylic acids is 1. The number of benzene rings is 3. The Balaban J connectivity index is 1.68. The van der Waals surface area contributed by atoms with Gasteiger partial charge in [-0.25, -0.2) is 4.79 Å². The molecule has 0 heterocycles. The monoisotopic (exact) mass is 383 g/mol. The Hall–Kier alpha value is -3.84. The summed E-state index contributed by atoms with van der Waals surface area (Å²) in [4.78, 5) is 12.4. The van der Waals surface area contributed by atoms with Crippen LogP contribution in [0, 0.1) is 11.3 Å². The molecule has 0 aliphatic carbocycles. The van der Waals surface area contributed by atoms with Gasteiger partial charge in [0.1, 0.15) is 23.1 Å². The summed E-state index contributed by atoms with van der Waals surface area (Å²) in [7, 11) is 0. The third kappa shape index (κ3) is 5.57. The van der Waals surface area contributed by atoms with Crippen molar-refractivity contribution in [3.8, 4) is 28.7 Å². The van der Waals surface area contributed by atoms with Crippen LogP contribution in [0.25, 0.3) is 17.2 Å². The Bertz CT molecular complexity index is 1010. The third-order valence-electron chi connectivity index (χ3n) is 4.18. The molecule has 4 heteroatoms. The number of ether oxygens (including phenoxy) is 2. The summed E-state index contributed by atoms with van der Waals surface area (Å²) >= 11 is 0. The third-order valence-corrected chi connectivity index (χ3v) is 4.18. The maximum Gasteiger partial charge on any atom is 0.354 e. The summed E-state index contributed by atoms with van der Waals surface area (Å²) in [6.07, 6.45) is 2.43. The largest absolute Gasteiger partial charge is 0.494 e. The van der Waals surface area contributed by atoms with Crippen LogP contribution in [0.4, 0.5) is 0 Å². The van der Waals surface area contributed by atoms with Gasteiger partial charge in [-0.2, -0.15) is 5.26 Å². The number of nitrogens with zero attached hydrogens (tertiary/aromatic N) is 1. The topological polar surface area (TPSA) is 59.3 Å². The zero-order chi connectivity index (χ0) is 20.5. The van der Waals surface area contributed by atoms with Gasteiger partial charge in [0.05, 0.1) is 6.61 Å². The first-order valence-corrected chi connectivity index (χ1v) is 9.42. The molecule has 0 aliphatic rings. The lowest BCUT2D eigenvalue weighted by Gasteiger charge is -2.06. The minimum Gasteiger partial charge on any atom is -0.494 e. The lowest BCUT2D eigenvalue weighted by atomic mass is 10.1. The summed E-state index contributed by atoms with van der Waals surface area (Å²) < 4.78 is 10.9. The first-order chi connectivity index (χ1) is 14.2. The van der Waals surface area contributed by atoms with E-state index < -0.39 is 5.97 Å². The molecule has 3 aromatic carbocycles. The number of hydrogen-bond acceptors (Lipinski definition) is 4.